The zero-order chi connectivity index (χ0) is 12.9. The molecule has 0 amide bonds. The monoisotopic (exact) mass is 256 g/mol. The molecular formula is C7HF9. The fourth-order valence-electron chi connectivity index (χ4n) is 0.998. The highest BCUT2D eigenvalue weighted by Crippen LogP contribution is 2.51. The maximum absolute atomic E-state index is 12.6. The molecule has 9 heteroatoms. The lowest BCUT2D eigenvalue weighted by atomic mass is 9.97. The normalized spacial score (nSPS) is 24.4. The van der Waals surface area contributed by atoms with Crippen molar-refractivity contribution >= 4 is 0 Å². The number of hydrogen-bond acceptors (Lipinski definition) is 0. The number of rotatable bonds is 0. The standard InChI is InChI=1S/C7HF9/c8-3-4(9)6(12,13)2(7(14,15)16)1-5(3,10)11/h1H. The van der Waals surface area contributed by atoms with Crippen molar-refractivity contribution in [3.05, 3.63) is 23.3 Å². The average molecular weight is 256 g/mol. The molecule has 1 rings (SSSR count). The molecule has 0 atom stereocenters. The molecular weight excluding hydrogens is 255 g/mol. The zero-order valence-corrected chi connectivity index (χ0v) is 6.98. The summed E-state index contributed by atoms with van der Waals surface area (Å²) in [7, 11) is 0. The van der Waals surface area contributed by atoms with Crippen LogP contribution in [0.1, 0.15) is 0 Å². The van der Waals surface area contributed by atoms with Crippen molar-refractivity contribution < 1.29 is 39.5 Å². The molecule has 0 aromatic rings. The Labute approximate surface area is 82.0 Å². The third-order valence-corrected chi connectivity index (χ3v) is 1.73. The van der Waals surface area contributed by atoms with E-state index in [4.69, 9.17) is 0 Å². The summed E-state index contributed by atoms with van der Waals surface area (Å²) in [6, 6.07) is 0. The summed E-state index contributed by atoms with van der Waals surface area (Å²) in [5.41, 5.74) is -3.12. The minimum absolute atomic E-state index is 1.33. The summed E-state index contributed by atoms with van der Waals surface area (Å²) in [4.78, 5) is 0. The predicted octanol–water partition coefficient (Wildman–Crippen LogP) is 3.91. The quantitative estimate of drug-likeness (QED) is 0.455. The first-order chi connectivity index (χ1) is 6.90. The van der Waals surface area contributed by atoms with E-state index in [0.717, 1.165) is 0 Å². The molecule has 0 N–H and O–H groups in total. The molecule has 1 aliphatic rings. The van der Waals surface area contributed by atoms with Gasteiger partial charge in [-0.25, -0.2) is 8.78 Å². The fraction of sp³-hybridized carbons (Fsp3) is 0.429. The molecule has 16 heavy (non-hydrogen) atoms. The van der Waals surface area contributed by atoms with Gasteiger partial charge in [0.05, 0.1) is 0 Å². The van der Waals surface area contributed by atoms with E-state index in [1.54, 1.807) is 0 Å². The lowest BCUT2D eigenvalue weighted by Gasteiger charge is -2.27. The zero-order valence-electron chi connectivity index (χ0n) is 6.98. The molecule has 0 heterocycles. The van der Waals surface area contributed by atoms with Gasteiger partial charge in [-0.1, -0.05) is 0 Å². The van der Waals surface area contributed by atoms with Gasteiger partial charge in [0.2, 0.25) is 11.7 Å². The maximum Gasteiger partial charge on any atom is 0.418 e. The van der Waals surface area contributed by atoms with E-state index in [0.29, 0.717) is 0 Å². The summed E-state index contributed by atoms with van der Waals surface area (Å²) in [6.07, 6.45) is -7.21. The summed E-state index contributed by atoms with van der Waals surface area (Å²) in [5.74, 6) is -17.1. The van der Waals surface area contributed by atoms with Gasteiger partial charge in [0.15, 0.2) is 0 Å². The third kappa shape index (κ3) is 1.78. The van der Waals surface area contributed by atoms with Crippen LogP contribution in [0.5, 0.6) is 0 Å². The molecule has 0 fully saturated rings. The van der Waals surface area contributed by atoms with Crippen LogP contribution in [0.2, 0.25) is 0 Å². The van der Waals surface area contributed by atoms with E-state index in [1.807, 2.05) is 0 Å². The molecule has 0 saturated carbocycles. The molecule has 0 unspecified atom stereocenters. The summed E-state index contributed by atoms with van der Waals surface area (Å²) in [6.45, 7) is 0. The molecule has 0 radical (unpaired) electrons. The largest absolute Gasteiger partial charge is 0.418 e. The first-order valence-corrected chi connectivity index (χ1v) is 3.53. The number of hydrogen-bond donors (Lipinski definition) is 0. The highest BCUT2D eigenvalue weighted by molar-refractivity contribution is 5.40. The Bertz CT molecular complexity index is 370. The fourth-order valence-corrected chi connectivity index (χ4v) is 0.998. The van der Waals surface area contributed by atoms with Crippen LogP contribution >= 0.6 is 0 Å². The average Bonchev–Trinajstić information content (AvgIpc) is 2.07. The lowest BCUT2D eigenvalue weighted by molar-refractivity contribution is -0.132. The van der Waals surface area contributed by atoms with Gasteiger partial charge in [-0.3, -0.25) is 0 Å². The summed E-state index contributed by atoms with van der Waals surface area (Å²) in [5, 5.41) is 0. The highest BCUT2D eigenvalue weighted by Gasteiger charge is 2.61. The van der Waals surface area contributed by atoms with E-state index in [1.165, 1.54) is 0 Å². The third-order valence-electron chi connectivity index (χ3n) is 1.73. The van der Waals surface area contributed by atoms with Gasteiger partial charge < -0.3 is 0 Å². The van der Waals surface area contributed by atoms with Gasteiger partial charge in [0, 0.05) is 6.08 Å². The summed E-state index contributed by atoms with van der Waals surface area (Å²) < 4.78 is 110. The highest BCUT2D eigenvalue weighted by atomic mass is 19.4. The molecule has 0 aliphatic heterocycles. The number of halogens is 9. The van der Waals surface area contributed by atoms with Crippen LogP contribution in [0.15, 0.2) is 23.3 Å². The Kier molecular flexibility index (Phi) is 2.56. The molecule has 1 aliphatic carbocycles. The van der Waals surface area contributed by atoms with Crippen molar-refractivity contribution in [3.8, 4) is 0 Å². The van der Waals surface area contributed by atoms with Crippen LogP contribution in [0, 0.1) is 0 Å². The SMILES string of the molecule is FC1=C(F)C(F)(F)C(C(F)(F)F)=CC1(F)F. The van der Waals surface area contributed by atoms with Crippen LogP contribution < -0.4 is 0 Å². The van der Waals surface area contributed by atoms with E-state index < -0.39 is 41.3 Å². The minimum Gasteiger partial charge on any atom is -0.202 e. The topological polar surface area (TPSA) is 0 Å². The van der Waals surface area contributed by atoms with Crippen molar-refractivity contribution in [2.75, 3.05) is 0 Å². The maximum atomic E-state index is 12.6. The van der Waals surface area contributed by atoms with Gasteiger partial charge in [-0.2, -0.15) is 30.7 Å². The van der Waals surface area contributed by atoms with E-state index in [9.17, 15) is 39.5 Å². The Morgan fingerprint density at radius 1 is 0.875 bits per heavy atom. The molecule has 92 valence electrons. The van der Waals surface area contributed by atoms with Crippen LogP contribution in [0.25, 0.3) is 0 Å². The summed E-state index contributed by atoms with van der Waals surface area (Å²) >= 11 is 0. The van der Waals surface area contributed by atoms with Crippen LogP contribution in [0.3, 0.4) is 0 Å². The molecule has 0 aromatic carbocycles. The smallest absolute Gasteiger partial charge is 0.202 e. The Balaban J connectivity index is 3.44. The van der Waals surface area contributed by atoms with Gasteiger partial charge in [0.25, 0.3) is 0 Å². The van der Waals surface area contributed by atoms with E-state index in [-0.39, 0.29) is 0 Å². The number of allylic oxidation sites excluding steroid dienone is 4. The second-order valence-electron chi connectivity index (χ2n) is 2.88. The molecule has 0 saturated heterocycles. The van der Waals surface area contributed by atoms with Gasteiger partial charge >= 0.3 is 18.0 Å². The van der Waals surface area contributed by atoms with Gasteiger partial charge in [-0.15, -0.1) is 0 Å². The first kappa shape index (κ1) is 12.9. The van der Waals surface area contributed by atoms with Crippen LogP contribution in [-0.2, 0) is 0 Å². The second-order valence-corrected chi connectivity index (χ2v) is 2.88. The van der Waals surface area contributed by atoms with Crippen molar-refractivity contribution in [1.82, 2.24) is 0 Å². The van der Waals surface area contributed by atoms with E-state index in [2.05, 4.69) is 0 Å². The van der Waals surface area contributed by atoms with Crippen molar-refractivity contribution in [2.24, 2.45) is 0 Å². The molecule has 0 nitrogen and oxygen atoms in total. The van der Waals surface area contributed by atoms with Crippen molar-refractivity contribution in [1.29, 1.82) is 0 Å². The van der Waals surface area contributed by atoms with Crippen molar-refractivity contribution in [3.63, 3.8) is 0 Å². The molecule has 0 aromatic heterocycles. The second kappa shape index (κ2) is 3.17. The van der Waals surface area contributed by atoms with Gasteiger partial charge in [0.1, 0.15) is 5.57 Å². The molecule has 0 spiro atoms. The van der Waals surface area contributed by atoms with Gasteiger partial charge in [-0.05, 0) is 0 Å². The van der Waals surface area contributed by atoms with Crippen LogP contribution in [-0.4, -0.2) is 18.0 Å². The van der Waals surface area contributed by atoms with Crippen LogP contribution in [0.4, 0.5) is 39.5 Å². The minimum atomic E-state index is -5.88. The van der Waals surface area contributed by atoms with E-state index >= 15 is 0 Å². The predicted molar refractivity (Wildman–Crippen MR) is 33.3 cm³/mol. The molecule has 0 bridgehead atoms. The Morgan fingerprint density at radius 2 is 1.31 bits per heavy atom. The Morgan fingerprint density at radius 3 is 1.69 bits per heavy atom. The first-order valence-electron chi connectivity index (χ1n) is 3.53. The Hall–Kier alpha value is -1.15. The lowest BCUT2D eigenvalue weighted by Crippen LogP contribution is -2.38. The number of alkyl halides is 7. The van der Waals surface area contributed by atoms with Crippen molar-refractivity contribution in [2.45, 2.75) is 18.0 Å².